The van der Waals surface area contributed by atoms with Crippen LogP contribution < -0.4 is 10.0 Å². The fraction of sp³-hybridized carbons (Fsp3) is 0.278. The molecule has 25 heavy (non-hydrogen) atoms. The van der Waals surface area contributed by atoms with Gasteiger partial charge in [-0.15, -0.1) is 0 Å². The van der Waals surface area contributed by atoms with Crippen molar-refractivity contribution in [2.45, 2.75) is 25.3 Å². The molecular formula is C18H19ClN2O3S. The normalized spacial score (nSPS) is 16.8. The van der Waals surface area contributed by atoms with Gasteiger partial charge in [-0.2, -0.15) is 0 Å². The molecule has 0 aliphatic heterocycles. The maximum absolute atomic E-state index is 12.6. The Morgan fingerprint density at radius 2 is 1.96 bits per heavy atom. The summed E-state index contributed by atoms with van der Waals surface area (Å²) in [5.74, 6) is -0.227. The first kappa shape index (κ1) is 17.8. The van der Waals surface area contributed by atoms with Crippen LogP contribution in [0.3, 0.4) is 0 Å². The highest BCUT2D eigenvalue weighted by molar-refractivity contribution is 7.92. The Morgan fingerprint density at radius 3 is 2.68 bits per heavy atom. The van der Waals surface area contributed by atoms with Crippen molar-refractivity contribution in [3.63, 3.8) is 0 Å². The fourth-order valence-electron chi connectivity index (χ4n) is 3.08. The quantitative estimate of drug-likeness (QED) is 0.854. The van der Waals surface area contributed by atoms with Gasteiger partial charge in [0.05, 0.1) is 23.0 Å². The van der Waals surface area contributed by atoms with Crippen LogP contribution >= 0.6 is 11.6 Å². The summed E-state index contributed by atoms with van der Waals surface area (Å²) in [6.45, 7) is 0. The maximum atomic E-state index is 12.6. The Bertz CT molecular complexity index is 912. The Kier molecular flexibility index (Phi) is 5.01. The number of halogens is 1. The summed E-state index contributed by atoms with van der Waals surface area (Å²) in [7, 11) is -3.42. The lowest BCUT2D eigenvalue weighted by Crippen LogP contribution is -2.31. The molecule has 132 valence electrons. The van der Waals surface area contributed by atoms with Crippen LogP contribution in [0.1, 0.15) is 40.4 Å². The van der Waals surface area contributed by atoms with Crippen LogP contribution in [0.25, 0.3) is 0 Å². The molecule has 1 atom stereocenters. The van der Waals surface area contributed by atoms with E-state index in [0.29, 0.717) is 5.56 Å². The van der Waals surface area contributed by atoms with E-state index < -0.39 is 10.0 Å². The molecule has 1 amide bonds. The van der Waals surface area contributed by atoms with Gasteiger partial charge in [0.25, 0.3) is 5.91 Å². The Balaban J connectivity index is 1.77. The average Bonchev–Trinajstić information content (AvgIpc) is 2.56. The number of anilines is 1. The minimum Gasteiger partial charge on any atom is -0.345 e. The average molecular weight is 379 g/mol. The number of rotatable bonds is 4. The van der Waals surface area contributed by atoms with Crippen LogP contribution in [0.5, 0.6) is 0 Å². The number of sulfonamides is 1. The summed E-state index contributed by atoms with van der Waals surface area (Å²) in [5, 5.41) is 3.23. The molecule has 2 N–H and O–H groups in total. The predicted molar refractivity (Wildman–Crippen MR) is 99.5 cm³/mol. The molecule has 0 unspecified atom stereocenters. The van der Waals surface area contributed by atoms with Crippen molar-refractivity contribution in [3.05, 3.63) is 64.2 Å². The lowest BCUT2D eigenvalue weighted by molar-refractivity contribution is 0.0933. The Morgan fingerprint density at radius 1 is 1.20 bits per heavy atom. The highest BCUT2D eigenvalue weighted by atomic mass is 35.5. The second-order valence-electron chi connectivity index (χ2n) is 6.19. The SMILES string of the molecule is CS(=O)(=O)Nc1ccc(C(=O)N[C@@H]2CCCc3ccccc32)cc1Cl. The molecule has 2 aromatic rings. The third kappa shape index (κ3) is 4.32. The molecular weight excluding hydrogens is 360 g/mol. The number of nitrogens with one attached hydrogen (secondary N) is 2. The molecule has 0 aromatic heterocycles. The van der Waals surface area contributed by atoms with Gasteiger partial charge in [0.2, 0.25) is 10.0 Å². The van der Waals surface area contributed by atoms with Gasteiger partial charge >= 0.3 is 0 Å². The van der Waals surface area contributed by atoms with Gasteiger partial charge in [0.15, 0.2) is 0 Å². The monoisotopic (exact) mass is 378 g/mol. The second kappa shape index (κ2) is 7.06. The number of carbonyl (C=O) groups excluding carboxylic acids is 1. The summed E-state index contributed by atoms with van der Waals surface area (Å²) < 4.78 is 24.9. The van der Waals surface area contributed by atoms with Gasteiger partial charge in [-0.1, -0.05) is 35.9 Å². The Labute approximate surface area is 152 Å². The lowest BCUT2D eigenvalue weighted by atomic mass is 9.87. The molecule has 0 saturated carbocycles. The van der Waals surface area contributed by atoms with Crippen LogP contribution in [0, 0.1) is 0 Å². The van der Waals surface area contributed by atoms with Crippen LogP contribution in [0.15, 0.2) is 42.5 Å². The lowest BCUT2D eigenvalue weighted by Gasteiger charge is -2.26. The van der Waals surface area contributed by atoms with Crippen molar-refractivity contribution in [1.29, 1.82) is 0 Å². The number of carbonyl (C=O) groups is 1. The summed E-state index contributed by atoms with van der Waals surface area (Å²) in [5.41, 5.74) is 3.07. The molecule has 1 aliphatic rings. The molecule has 0 bridgehead atoms. The van der Waals surface area contributed by atoms with Gasteiger partial charge in [-0.05, 0) is 48.6 Å². The maximum Gasteiger partial charge on any atom is 0.251 e. The van der Waals surface area contributed by atoms with Gasteiger partial charge in [-0.25, -0.2) is 8.42 Å². The zero-order valence-corrected chi connectivity index (χ0v) is 15.3. The van der Waals surface area contributed by atoms with Crippen molar-refractivity contribution in [2.75, 3.05) is 11.0 Å². The number of fused-ring (bicyclic) bond motifs is 1. The zero-order valence-electron chi connectivity index (χ0n) is 13.8. The van der Waals surface area contributed by atoms with Crippen LogP contribution in [0.2, 0.25) is 5.02 Å². The number of hydrogen-bond acceptors (Lipinski definition) is 3. The first-order valence-corrected chi connectivity index (χ1v) is 10.3. The number of hydrogen-bond donors (Lipinski definition) is 2. The van der Waals surface area contributed by atoms with E-state index in [1.807, 2.05) is 18.2 Å². The smallest absolute Gasteiger partial charge is 0.251 e. The van der Waals surface area contributed by atoms with E-state index >= 15 is 0 Å². The third-order valence-electron chi connectivity index (χ3n) is 4.20. The van der Waals surface area contributed by atoms with Crippen LogP contribution in [-0.2, 0) is 16.4 Å². The van der Waals surface area contributed by atoms with Gasteiger partial charge in [0, 0.05) is 5.56 Å². The van der Waals surface area contributed by atoms with Crippen LogP contribution in [-0.4, -0.2) is 20.6 Å². The van der Waals surface area contributed by atoms with Crippen molar-refractivity contribution in [1.82, 2.24) is 5.32 Å². The van der Waals surface area contributed by atoms with Crippen molar-refractivity contribution < 1.29 is 13.2 Å². The molecule has 1 aliphatic carbocycles. The van der Waals surface area contributed by atoms with Crippen molar-refractivity contribution in [3.8, 4) is 0 Å². The van der Waals surface area contributed by atoms with Crippen molar-refractivity contribution >= 4 is 33.2 Å². The summed E-state index contributed by atoms with van der Waals surface area (Å²) in [6, 6.07) is 12.6. The van der Waals surface area contributed by atoms with E-state index in [2.05, 4.69) is 16.1 Å². The summed E-state index contributed by atoms with van der Waals surface area (Å²) in [6.07, 6.45) is 3.99. The number of benzene rings is 2. The van der Waals surface area contributed by atoms with Gasteiger partial charge < -0.3 is 5.32 Å². The van der Waals surface area contributed by atoms with Gasteiger partial charge in [0.1, 0.15) is 0 Å². The van der Waals surface area contributed by atoms with E-state index in [4.69, 9.17) is 11.6 Å². The molecule has 0 heterocycles. The van der Waals surface area contributed by atoms with E-state index in [9.17, 15) is 13.2 Å². The van der Waals surface area contributed by atoms with Crippen LogP contribution in [0.4, 0.5) is 5.69 Å². The van der Waals surface area contributed by atoms with Gasteiger partial charge in [-0.3, -0.25) is 9.52 Å². The molecule has 0 fully saturated rings. The van der Waals surface area contributed by atoms with E-state index in [1.165, 1.54) is 17.7 Å². The molecule has 0 saturated heterocycles. The third-order valence-corrected chi connectivity index (χ3v) is 5.10. The van der Waals surface area contributed by atoms with E-state index in [-0.39, 0.29) is 22.7 Å². The van der Waals surface area contributed by atoms with Crippen molar-refractivity contribution in [2.24, 2.45) is 0 Å². The molecule has 3 rings (SSSR count). The largest absolute Gasteiger partial charge is 0.345 e. The number of aryl methyl sites for hydroxylation is 1. The zero-order chi connectivity index (χ0) is 18.0. The standard InChI is InChI=1S/C18H19ClN2O3S/c1-25(23,24)21-17-10-9-13(11-15(17)19)18(22)20-16-8-4-6-12-5-2-3-7-14(12)16/h2-3,5,7,9-11,16,21H,4,6,8H2,1H3,(H,20,22)/t16-/m1/s1. The first-order chi connectivity index (χ1) is 11.8. The highest BCUT2D eigenvalue weighted by Crippen LogP contribution is 2.30. The minimum atomic E-state index is -3.42. The fourth-order valence-corrected chi connectivity index (χ4v) is 3.95. The topological polar surface area (TPSA) is 75.3 Å². The van der Waals surface area contributed by atoms with E-state index in [0.717, 1.165) is 31.1 Å². The molecule has 7 heteroatoms. The Hall–Kier alpha value is -2.05. The summed E-state index contributed by atoms with van der Waals surface area (Å²) >= 11 is 6.10. The highest BCUT2D eigenvalue weighted by Gasteiger charge is 2.22. The van der Waals surface area contributed by atoms with E-state index in [1.54, 1.807) is 6.07 Å². The second-order valence-corrected chi connectivity index (χ2v) is 8.34. The molecule has 5 nitrogen and oxygen atoms in total. The molecule has 0 spiro atoms. The minimum absolute atomic E-state index is 0.0231. The molecule has 0 radical (unpaired) electrons. The first-order valence-electron chi connectivity index (χ1n) is 7.99. The number of amides is 1. The predicted octanol–water partition coefficient (Wildman–Crippen LogP) is 3.52. The summed E-state index contributed by atoms with van der Waals surface area (Å²) in [4.78, 5) is 12.6. The molecule has 2 aromatic carbocycles.